The number of amides is 3. The zero-order valence-electron chi connectivity index (χ0n) is 18.5. The van der Waals surface area contributed by atoms with E-state index in [2.05, 4.69) is 16.0 Å². The minimum absolute atomic E-state index is 0.133. The van der Waals surface area contributed by atoms with Crippen LogP contribution < -0.4 is 20.7 Å². The van der Waals surface area contributed by atoms with Gasteiger partial charge in [-0.3, -0.25) is 14.4 Å². The second-order valence-corrected chi connectivity index (χ2v) is 8.60. The van der Waals surface area contributed by atoms with E-state index in [0.717, 1.165) is 4.90 Å². The van der Waals surface area contributed by atoms with Crippen LogP contribution in [0.2, 0.25) is 0 Å². The van der Waals surface area contributed by atoms with Crippen LogP contribution in [-0.2, 0) is 9.59 Å². The normalized spacial score (nSPS) is 11.2. The lowest BCUT2D eigenvalue weighted by Crippen LogP contribution is -2.22. The number of methoxy groups -OCH3 is 1. The van der Waals surface area contributed by atoms with Crippen LogP contribution in [0.15, 0.2) is 77.7 Å². The highest BCUT2D eigenvalue weighted by Gasteiger charge is 2.15. The SMILES string of the molecule is COc1ccccc1NC(=O)c1ccc(NC(=O)[C@H](C)Sc2ccc(NC(C)=O)cc2)cc1. The molecule has 3 aromatic carbocycles. The maximum Gasteiger partial charge on any atom is 0.255 e. The lowest BCUT2D eigenvalue weighted by atomic mass is 10.2. The number of carbonyl (C=O) groups is 3. The number of hydrogen-bond donors (Lipinski definition) is 3. The third-order valence-electron chi connectivity index (χ3n) is 4.63. The fourth-order valence-corrected chi connectivity index (χ4v) is 3.84. The molecule has 8 heteroatoms. The highest BCUT2D eigenvalue weighted by Crippen LogP contribution is 2.26. The van der Waals surface area contributed by atoms with Crippen molar-refractivity contribution in [2.75, 3.05) is 23.1 Å². The maximum atomic E-state index is 12.6. The first kappa shape index (κ1) is 23.9. The van der Waals surface area contributed by atoms with Gasteiger partial charge in [-0.1, -0.05) is 12.1 Å². The minimum atomic E-state index is -0.342. The fraction of sp³-hybridized carbons (Fsp3) is 0.160. The lowest BCUT2D eigenvalue weighted by molar-refractivity contribution is -0.115. The van der Waals surface area contributed by atoms with Crippen molar-refractivity contribution in [1.29, 1.82) is 0 Å². The number of thioether (sulfide) groups is 1. The van der Waals surface area contributed by atoms with Gasteiger partial charge in [0.05, 0.1) is 18.0 Å². The predicted molar refractivity (Wildman–Crippen MR) is 132 cm³/mol. The van der Waals surface area contributed by atoms with Gasteiger partial charge >= 0.3 is 0 Å². The quantitative estimate of drug-likeness (QED) is 0.408. The van der Waals surface area contributed by atoms with Crippen LogP contribution in [0.3, 0.4) is 0 Å². The van der Waals surface area contributed by atoms with Crippen molar-refractivity contribution in [2.45, 2.75) is 24.0 Å². The number of rotatable bonds is 8. The van der Waals surface area contributed by atoms with Gasteiger partial charge in [-0.2, -0.15) is 0 Å². The molecule has 33 heavy (non-hydrogen) atoms. The zero-order chi connectivity index (χ0) is 23.8. The van der Waals surface area contributed by atoms with Crippen LogP contribution in [0.5, 0.6) is 5.75 Å². The van der Waals surface area contributed by atoms with Crippen molar-refractivity contribution in [2.24, 2.45) is 0 Å². The smallest absolute Gasteiger partial charge is 0.255 e. The topological polar surface area (TPSA) is 96.5 Å². The van der Waals surface area contributed by atoms with E-state index in [1.54, 1.807) is 55.6 Å². The Morgan fingerprint density at radius 3 is 2.06 bits per heavy atom. The molecule has 0 aromatic heterocycles. The van der Waals surface area contributed by atoms with Gasteiger partial charge in [0.25, 0.3) is 5.91 Å². The van der Waals surface area contributed by atoms with Crippen LogP contribution >= 0.6 is 11.8 Å². The molecule has 3 rings (SSSR count). The second kappa shape index (κ2) is 11.2. The molecule has 3 aromatic rings. The number of hydrogen-bond acceptors (Lipinski definition) is 5. The average Bonchev–Trinajstić information content (AvgIpc) is 2.80. The van der Waals surface area contributed by atoms with Crippen LogP contribution in [-0.4, -0.2) is 30.1 Å². The summed E-state index contributed by atoms with van der Waals surface area (Å²) in [7, 11) is 1.54. The summed E-state index contributed by atoms with van der Waals surface area (Å²) in [5.41, 5.74) is 2.35. The Morgan fingerprint density at radius 1 is 0.818 bits per heavy atom. The summed E-state index contributed by atoms with van der Waals surface area (Å²) in [5.74, 6) is 0.0126. The van der Waals surface area contributed by atoms with Gasteiger partial charge in [0, 0.05) is 28.8 Å². The molecular formula is C25H25N3O4S. The molecule has 7 nitrogen and oxygen atoms in total. The van der Waals surface area contributed by atoms with E-state index in [9.17, 15) is 14.4 Å². The van der Waals surface area contributed by atoms with E-state index in [0.29, 0.717) is 28.4 Å². The predicted octanol–water partition coefficient (Wildman–Crippen LogP) is 5.03. The molecule has 0 aliphatic rings. The van der Waals surface area contributed by atoms with Gasteiger partial charge in [-0.05, 0) is 67.6 Å². The van der Waals surface area contributed by atoms with E-state index < -0.39 is 0 Å². The highest BCUT2D eigenvalue weighted by atomic mass is 32.2. The molecule has 0 radical (unpaired) electrons. The molecule has 3 N–H and O–H groups in total. The first-order valence-corrected chi connectivity index (χ1v) is 11.1. The molecule has 170 valence electrons. The molecule has 0 saturated heterocycles. The van der Waals surface area contributed by atoms with E-state index in [4.69, 9.17) is 4.74 Å². The molecule has 0 unspecified atom stereocenters. The Kier molecular flexibility index (Phi) is 8.10. The van der Waals surface area contributed by atoms with Crippen LogP contribution in [0.1, 0.15) is 24.2 Å². The number of carbonyl (C=O) groups excluding carboxylic acids is 3. The summed E-state index contributed by atoms with van der Waals surface area (Å²) in [6.45, 7) is 3.27. The summed E-state index contributed by atoms with van der Waals surface area (Å²) in [6.07, 6.45) is 0. The molecular weight excluding hydrogens is 438 g/mol. The Morgan fingerprint density at radius 2 is 1.42 bits per heavy atom. The van der Waals surface area contributed by atoms with E-state index in [1.807, 2.05) is 31.2 Å². The van der Waals surface area contributed by atoms with Gasteiger partial charge in [-0.25, -0.2) is 0 Å². The van der Waals surface area contributed by atoms with Crippen LogP contribution in [0, 0.1) is 0 Å². The Balaban J connectivity index is 1.55. The van der Waals surface area contributed by atoms with Crippen molar-refractivity contribution in [3.8, 4) is 5.75 Å². The first-order valence-electron chi connectivity index (χ1n) is 10.3. The molecule has 3 amide bonds. The molecule has 1 atom stereocenters. The van der Waals surface area contributed by atoms with Gasteiger partial charge in [-0.15, -0.1) is 11.8 Å². The number of anilines is 3. The van der Waals surface area contributed by atoms with Gasteiger partial charge < -0.3 is 20.7 Å². The number of nitrogens with one attached hydrogen (secondary N) is 3. The van der Waals surface area contributed by atoms with Crippen molar-refractivity contribution < 1.29 is 19.1 Å². The first-order chi connectivity index (χ1) is 15.9. The van der Waals surface area contributed by atoms with E-state index in [1.165, 1.54) is 18.7 Å². The number of benzene rings is 3. The van der Waals surface area contributed by atoms with Crippen molar-refractivity contribution in [3.05, 3.63) is 78.4 Å². The Labute approximate surface area is 196 Å². The summed E-state index contributed by atoms with van der Waals surface area (Å²) >= 11 is 1.41. The zero-order valence-corrected chi connectivity index (χ0v) is 19.4. The maximum absolute atomic E-state index is 12.6. The fourth-order valence-electron chi connectivity index (χ4n) is 2.97. The Bertz CT molecular complexity index is 1130. The summed E-state index contributed by atoms with van der Waals surface area (Å²) in [5, 5.41) is 8.05. The minimum Gasteiger partial charge on any atom is -0.495 e. The molecule has 0 bridgehead atoms. The second-order valence-electron chi connectivity index (χ2n) is 7.19. The molecule has 0 spiro atoms. The third kappa shape index (κ3) is 6.85. The molecule has 0 heterocycles. The van der Waals surface area contributed by atoms with Gasteiger partial charge in [0.1, 0.15) is 5.75 Å². The van der Waals surface area contributed by atoms with E-state index in [-0.39, 0.29) is 23.0 Å². The molecule has 0 fully saturated rings. The van der Waals surface area contributed by atoms with E-state index >= 15 is 0 Å². The number of para-hydroxylation sites is 2. The van der Waals surface area contributed by atoms with Gasteiger partial charge in [0.2, 0.25) is 11.8 Å². The molecule has 0 aliphatic carbocycles. The molecule has 0 saturated carbocycles. The summed E-state index contributed by atoms with van der Waals surface area (Å²) < 4.78 is 5.25. The van der Waals surface area contributed by atoms with Crippen molar-refractivity contribution in [1.82, 2.24) is 0 Å². The third-order valence-corrected chi connectivity index (χ3v) is 5.74. The molecule has 0 aliphatic heterocycles. The summed E-state index contributed by atoms with van der Waals surface area (Å²) in [4.78, 5) is 37.1. The van der Waals surface area contributed by atoms with Crippen LogP contribution in [0.4, 0.5) is 17.1 Å². The van der Waals surface area contributed by atoms with Crippen LogP contribution in [0.25, 0.3) is 0 Å². The summed E-state index contributed by atoms with van der Waals surface area (Å²) in [6, 6.07) is 21.2. The monoisotopic (exact) mass is 463 g/mol. The number of ether oxygens (including phenoxy) is 1. The van der Waals surface area contributed by atoms with Crippen molar-refractivity contribution >= 4 is 46.5 Å². The van der Waals surface area contributed by atoms with Crippen molar-refractivity contribution in [3.63, 3.8) is 0 Å². The lowest BCUT2D eigenvalue weighted by Gasteiger charge is -2.13. The standard InChI is InChI=1S/C25H25N3O4S/c1-16(33-21-14-12-19(13-15-21)26-17(2)29)24(30)27-20-10-8-18(9-11-20)25(31)28-22-6-4-5-7-23(22)32-3/h4-16H,1-3H3,(H,26,29)(H,27,30)(H,28,31)/t16-/m0/s1. The average molecular weight is 464 g/mol. The van der Waals surface area contributed by atoms with Gasteiger partial charge in [0.15, 0.2) is 0 Å². The largest absolute Gasteiger partial charge is 0.495 e. The highest BCUT2D eigenvalue weighted by molar-refractivity contribution is 8.00. The Hall–Kier alpha value is -3.78.